The van der Waals surface area contributed by atoms with Crippen LogP contribution in [0.1, 0.15) is 59.3 Å². The summed E-state index contributed by atoms with van der Waals surface area (Å²) >= 11 is 0. The van der Waals surface area contributed by atoms with Crippen LogP contribution in [0.2, 0.25) is 0 Å². The van der Waals surface area contributed by atoms with Crippen LogP contribution >= 0.6 is 8.69 Å². The Kier molecular flexibility index (Phi) is 20.0. The van der Waals surface area contributed by atoms with Crippen molar-refractivity contribution in [2.75, 3.05) is 19.6 Å². The molecule has 1 N–H and O–H groups in total. The highest BCUT2D eigenvalue weighted by molar-refractivity contribution is 7.16. The fourth-order valence-corrected chi connectivity index (χ4v) is 1.48. The molecule has 0 radical (unpaired) electrons. The minimum absolute atomic E-state index is 0.833. The van der Waals surface area contributed by atoms with Crippen LogP contribution in [-0.4, -0.2) is 29.4 Å². The molecular weight excluding hydrogens is 221 g/mol. The average molecular weight is 249 g/mol. The van der Waals surface area contributed by atoms with E-state index in [-0.39, 0.29) is 0 Å². The van der Waals surface area contributed by atoms with Crippen molar-refractivity contribution in [3.8, 4) is 0 Å². The molecule has 4 heteroatoms. The molecule has 0 amide bonds. The van der Waals surface area contributed by atoms with Gasteiger partial charge >= 0.3 is 8.69 Å². The standard InChI is InChI=1S/C12H27N.HO2P/c1-4-7-10-13(11-8-5-2)12-9-6-3;1-3-2/h4-12H2,1-3H3;(H,1,2). The van der Waals surface area contributed by atoms with Crippen molar-refractivity contribution >= 4 is 8.69 Å². The maximum atomic E-state index is 8.46. The van der Waals surface area contributed by atoms with Crippen molar-refractivity contribution in [2.45, 2.75) is 59.3 Å². The van der Waals surface area contributed by atoms with E-state index in [0.717, 1.165) is 0 Å². The number of unbranched alkanes of at least 4 members (excludes halogenated alkanes) is 3. The van der Waals surface area contributed by atoms with Gasteiger partial charge in [-0.3, -0.25) is 0 Å². The normalized spacial score (nSPS) is 10.3. The minimum atomic E-state index is -0.833. The van der Waals surface area contributed by atoms with Gasteiger partial charge < -0.3 is 9.79 Å². The SMILES string of the molecule is CCCCN(CCCC)CCCC.O=PO. The van der Waals surface area contributed by atoms with Crippen molar-refractivity contribution in [3.63, 3.8) is 0 Å². The Labute approximate surface area is 103 Å². The Morgan fingerprint density at radius 1 is 0.875 bits per heavy atom. The molecule has 0 saturated heterocycles. The van der Waals surface area contributed by atoms with Gasteiger partial charge in [0, 0.05) is 0 Å². The van der Waals surface area contributed by atoms with Crippen molar-refractivity contribution in [1.82, 2.24) is 4.90 Å². The Hall–Kier alpha value is 0.0200. The van der Waals surface area contributed by atoms with E-state index in [9.17, 15) is 0 Å². The maximum absolute atomic E-state index is 8.46. The number of hydrogen-bond donors (Lipinski definition) is 1. The molecule has 0 aromatic heterocycles. The summed E-state index contributed by atoms with van der Waals surface area (Å²) in [5.41, 5.74) is 0. The fourth-order valence-electron chi connectivity index (χ4n) is 1.48. The molecule has 98 valence electrons. The van der Waals surface area contributed by atoms with E-state index >= 15 is 0 Å². The summed E-state index contributed by atoms with van der Waals surface area (Å²) in [5, 5.41) is 0. The first kappa shape index (κ1) is 18.4. The molecule has 0 fully saturated rings. The first-order chi connectivity index (χ1) is 7.76. The third kappa shape index (κ3) is 16.4. The molecule has 0 saturated carbocycles. The van der Waals surface area contributed by atoms with E-state index in [2.05, 4.69) is 25.7 Å². The van der Waals surface area contributed by atoms with Gasteiger partial charge in [-0.1, -0.05) is 40.0 Å². The van der Waals surface area contributed by atoms with Crippen molar-refractivity contribution < 1.29 is 9.46 Å². The zero-order chi connectivity index (χ0) is 12.6. The summed E-state index contributed by atoms with van der Waals surface area (Å²) in [6.45, 7) is 10.8. The van der Waals surface area contributed by atoms with E-state index in [1.165, 1.54) is 58.2 Å². The second-order valence-electron chi connectivity index (χ2n) is 3.98. The monoisotopic (exact) mass is 249 g/mol. The molecule has 0 aliphatic rings. The third-order valence-electron chi connectivity index (χ3n) is 2.48. The Balaban J connectivity index is 0. The lowest BCUT2D eigenvalue weighted by molar-refractivity contribution is 0.261. The molecule has 0 bridgehead atoms. The number of rotatable bonds is 9. The van der Waals surface area contributed by atoms with Crippen LogP contribution < -0.4 is 0 Å². The highest BCUT2D eigenvalue weighted by Gasteiger charge is 2.01. The second-order valence-corrected chi connectivity index (χ2v) is 4.15. The van der Waals surface area contributed by atoms with Crippen LogP contribution in [0.3, 0.4) is 0 Å². The first-order valence-electron chi connectivity index (χ1n) is 6.45. The van der Waals surface area contributed by atoms with Crippen LogP contribution in [-0.2, 0) is 4.57 Å². The molecule has 0 aromatic rings. The molecule has 0 unspecified atom stereocenters. The lowest BCUT2D eigenvalue weighted by atomic mass is 10.2. The topological polar surface area (TPSA) is 40.5 Å². The van der Waals surface area contributed by atoms with Gasteiger partial charge in [0.2, 0.25) is 0 Å². The van der Waals surface area contributed by atoms with Gasteiger partial charge in [0.25, 0.3) is 0 Å². The van der Waals surface area contributed by atoms with Crippen LogP contribution in [0.25, 0.3) is 0 Å². The maximum Gasteiger partial charge on any atom is 0.324 e. The predicted octanol–water partition coefficient (Wildman–Crippen LogP) is 3.87. The van der Waals surface area contributed by atoms with Gasteiger partial charge in [-0.05, 0) is 38.9 Å². The molecule has 0 atom stereocenters. The molecule has 0 spiro atoms. The molecule has 0 aromatic carbocycles. The molecule has 0 aliphatic carbocycles. The van der Waals surface area contributed by atoms with Crippen molar-refractivity contribution in [2.24, 2.45) is 0 Å². The zero-order valence-corrected chi connectivity index (χ0v) is 12.0. The third-order valence-corrected chi connectivity index (χ3v) is 2.48. The van der Waals surface area contributed by atoms with E-state index in [4.69, 9.17) is 9.46 Å². The molecular formula is C12H28NO2P. The summed E-state index contributed by atoms with van der Waals surface area (Å²) in [6, 6.07) is 0. The van der Waals surface area contributed by atoms with E-state index in [0.29, 0.717) is 0 Å². The minimum Gasteiger partial charge on any atom is -0.310 e. The van der Waals surface area contributed by atoms with Crippen LogP contribution in [0, 0.1) is 0 Å². The molecule has 0 aliphatic heterocycles. The largest absolute Gasteiger partial charge is 0.324 e. The van der Waals surface area contributed by atoms with E-state index < -0.39 is 8.69 Å². The van der Waals surface area contributed by atoms with Crippen LogP contribution in [0.5, 0.6) is 0 Å². The first-order valence-corrected chi connectivity index (χ1v) is 7.22. The molecule has 0 heterocycles. The summed E-state index contributed by atoms with van der Waals surface area (Å²) in [7, 11) is -0.833. The number of nitrogens with zero attached hydrogens (tertiary/aromatic N) is 1. The lowest BCUT2D eigenvalue weighted by Gasteiger charge is -2.21. The van der Waals surface area contributed by atoms with Crippen LogP contribution in [0.4, 0.5) is 0 Å². The highest BCUT2D eigenvalue weighted by atomic mass is 31.1. The van der Waals surface area contributed by atoms with Crippen molar-refractivity contribution in [1.29, 1.82) is 0 Å². The quantitative estimate of drug-likeness (QED) is 0.630. The zero-order valence-electron chi connectivity index (χ0n) is 11.1. The van der Waals surface area contributed by atoms with E-state index in [1.807, 2.05) is 0 Å². The summed E-state index contributed by atoms with van der Waals surface area (Å²) in [6.07, 6.45) is 8.09. The average Bonchev–Trinajstić information content (AvgIpc) is 2.29. The van der Waals surface area contributed by atoms with Gasteiger partial charge in [0.15, 0.2) is 0 Å². The molecule has 16 heavy (non-hydrogen) atoms. The lowest BCUT2D eigenvalue weighted by Crippen LogP contribution is -2.27. The van der Waals surface area contributed by atoms with E-state index in [1.54, 1.807) is 0 Å². The highest BCUT2D eigenvalue weighted by Crippen LogP contribution is 2.01. The smallest absolute Gasteiger partial charge is 0.310 e. The van der Waals surface area contributed by atoms with Gasteiger partial charge in [-0.15, -0.1) is 0 Å². The van der Waals surface area contributed by atoms with Crippen molar-refractivity contribution in [3.05, 3.63) is 0 Å². The van der Waals surface area contributed by atoms with Gasteiger partial charge in [-0.2, -0.15) is 0 Å². The predicted molar refractivity (Wildman–Crippen MR) is 71.0 cm³/mol. The Morgan fingerprint density at radius 3 is 1.31 bits per heavy atom. The summed E-state index contributed by atoms with van der Waals surface area (Å²) in [4.78, 5) is 9.62. The van der Waals surface area contributed by atoms with Gasteiger partial charge in [-0.25, -0.2) is 4.57 Å². The number of hydrogen-bond acceptors (Lipinski definition) is 2. The Bertz CT molecular complexity index is 115. The summed E-state index contributed by atoms with van der Waals surface area (Å²) < 4.78 is 8.46. The molecule has 3 nitrogen and oxygen atoms in total. The summed E-state index contributed by atoms with van der Waals surface area (Å²) in [5.74, 6) is 0. The van der Waals surface area contributed by atoms with Gasteiger partial charge in [0.1, 0.15) is 0 Å². The second kappa shape index (κ2) is 17.4. The Morgan fingerprint density at radius 2 is 1.12 bits per heavy atom. The van der Waals surface area contributed by atoms with Gasteiger partial charge in [0.05, 0.1) is 0 Å². The fraction of sp³-hybridized carbons (Fsp3) is 1.00. The van der Waals surface area contributed by atoms with Crippen LogP contribution in [0.15, 0.2) is 0 Å². The molecule has 0 rings (SSSR count).